The zero-order chi connectivity index (χ0) is 15.6. The van der Waals surface area contributed by atoms with Crippen molar-refractivity contribution >= 4 is 11.6 Å². The molecule has 3 atom stereocenters. The minimum absolute atomic E-state index is 0.0587. The highest BCUT2D eigenvalue weighted by Crippen LogP contribution is 2.32. The van der Waals surface area contributed by atoms with Gasteiger partial charge in [0.2, 0.25) is 5.82 Å². The number of nitrogen functional groups attached to an aromatic ring is 1. The van der Waals surface area contributed by atoms with Gasteiger partial charge in [0.1, 0.15) is 11.6 Å². The largest absolute Gasteiger partial charge is 0.451 e. The van der Waals surface area contributed by atoms with E-state index in [2.05, 4.69) is 34.6 Å². The number of halogens is 3. The molecule has 4 N–H and O–H groups in total. The van der Waals surface area contributed by atoms with Gasteiger partial charge in [0, 0.05) is 12.1 Å². The van der Waals surface area contributed by atoms with Gasteiger partial charge in [-0.2, -0.15) is 13.2 Å². The zero-order valence-electron chi connectivity index (χ0n) is 12.0. The van der Waals surface area contributed by atoms with Crippen LogP contribution in [0.15, 0.2) is 6.07 Å². The Morgan fingerprint density at radius 2 is 1.86 bits per heavy atom. The number of anilines is 2. The lowest BCUT2D eigenvalue weighted by molar-refractivity contribution is -0.144. The Balaban J connectivity index is 2.19. The molecule has 1 aliphatic carbocycles. The monoisotopic (exact) mass is 303 g/mol. The molecular formula is C13H20F3N5. The van der Waals surface area contributed by atoms with Crippen molar-refractivity contribution in [3.05, 3.63) is 11.9 Å². The summed E-state index contributed by atoms with van der Waals surface area (Å²) in [6, 6.07) is 1.50. The van der Waals surface area contributed by atoms with E-state index in [4.69, 9.17) is 5.84 Å². The second-order valence-electron chi connectivity index (χ2n) is 5.75. The van der Waals surface area contributed by atoms with E-state index in [0.717, 1.165) is 19.3 Å². The van der Waals surface area contributed by atoms with Crippen molar-refractivity contribution in [1.29, 1.82) is 0 Å². The normalized spacial score (nSPS) is 26.5. The topological polar surface area (TPSA) is 75.9 Å². The summed E-state index contributed by atoms with van der Waals surface area (Å²) >= 11 is 0. The van der Waals surface area contributed by atoms with Gasteiger partial charge in [-0.15, -0.1) is 0 Å². The number of nitrogens with two attached hydrogens (primary N) is 1. The molecule has 3 unspecified atom stereocenters. The molecule has 1 heterocycles. The molecule has 1 fully saturated rings. The number of alkyl halides is 3. The number of hydrogen-bond donors (Lipinski definition) is 3. The molecule has 1 aromatic rings. The molecule has 118 valence electrons. The highest BCUT2D eigenvalue weighted by Gasteiger charge is 2.36. The Kier molecular flexibility index (Phi) is 4.55. The molecule has 0 amide bonds. The third-order valence-corrected chi connectivity index (χ3v) is 3.89. The van der Waals surface area contributed by atoms with Gasteiger partial charge in [0.05, 0.1) is 0 Å². The fourth-order valence-corrected chi connectivity index (χ4v) is 2.79. The molecule has 0 bridgehead atoms. The Labute approximate surface area is 121 Å². The zero-order valence-corrected chi connectivity index (χ0v) is 12.0. The van der Waals surface area contributed by atoms with Crippen LogP contribution in [0.5, 0.6) is 0 Å². The summed E-state index contributed by atoms with van der Waals surface area (Å²) in [5.74, 6) is 5.10. The van der Waals surface area contributed by atoms with Gasteiger partial charge >= 0.3 is 6.18 Å². The molecule has 0 saturated heterocycles. The van der Waals surface area contributed by atoms with Crippen molar-refractivity contribution in [2.45, 2.75) is 45.3 Å². The molecule has 1 saturated carbocycles. The summed E-state index contributed by atoms with van der Waals surface area (Å²) in [4.78, 5) is 6.89. The summed E-state index contributed by atoms with van der Waals surface area (Å²) in [5.41, 5.74) is 2.14. The van der Waals surface area contributed by atoms with Crippen LogP contribution >= 0.6 is 0 Å². The molecule has 0 aliphatic heterocycles. The van der Waals surface area contributed by atoms with E-state index in [9.17, 15) is 13.2 Å². The minimum Gasteiger partial charge on any atom is -0.367 e. The number of aromatic nitrogens is 2. The summed E-state index contributed by atoms with van der Waals surface area (Å²) in [6.45, 7) is 4.29. The standard InChI is InChI=1S/C13H20F3N5/c1-7-3-4-9(8(2)5-7)18-10-6-11(21-17)20-12(19-10)13(14,15)16/h6-9H,3-5,17H2,1-2H3,(H2,18,19,20,21). The Morgan fingerprint density at radius 3 is 2.43 bits per heavy atom. The molecule has 2 rings (SSSR count). The number of hydrogen-bond acceptors (Lipinski definition) is 5. The Bertz CT molecular complexity index is 491. The van der Waals surface area contributed by atoms with E-state index in [0.29, 0.717) is 11.8 Å². The highest BCUT2D eigenvalue weighted by atomic mass is 19.4. The quantitative estimate of drug-likeness (QED) is 0.591. The summed E-state index contributed by atoms with van der Waals surface area (Å²) in [5, 5.41) is 3.09. The van der Waals surface area contributed by atoms with E-state index in [1.807, 2.05) is 0 Å². The van der Waals surface area contributed by atoms with Crippen LogP contribution in [-0.2, 0) is 6.18 Å². The molecule has 1 aliphatic rings. The predicted molar refractivity (Wildman–Crippen MR) is 74.4 cm³/mol. The van der Waals surface area contributed by atoms with Crippen molar-refractivity contribution in [2.75, 3.05) is 10.7 Å². The number of hydrazine groups is 1. The number of rotatable bonds is 3. The molecular weight excluding hydrogens is 283 g/mol. The molecule has 1 aromatic heterocycles. The first kappa shape index (κ1) is 15.8. The van der Waals surface area contributed by atoms with Crippen molar-refractivity contribution in [3.8, 4) is 0 Å². The van der Waals surface area contributed by atoms with Crippen LogP contribution in [0.4, 0.5) is 24.8 Å². The molecule has 0 spiro atoms. The molecule has 21 heavy (non-hydrogen) atoms. The predicted octanol–water partition coefficient (Wildman–Crippen LogP) is 3.02. The maximum Gasteiger partial charge on any atom is 0.451 e. The average molecular weight is 303 g/mol. The van der Waals surface area contributed by atoms with E-state index >= 15 is 0 Å². The smallest absolute Gasteiger partial charge is 0.367 e. The number of nitrogens with one attached hydrogen (secondary N) is 2. The molecule has 8 heteroatoms. The van der Waals surface area contributed by atoms with Crippen molar-refractivity contribution < 1.29 is 13.2 Å². The summed E-state index contributed by atoms with van der Waals surface area (Å²) in [6.07, 6.45) is -1.58. The van der Waals surface area contributed by atoms with Gasteiger partial charge in [-0.1, -0.05) is 13.8 Å². The van der Waals surface area contributed by atoms with E-state index in [1.165, 1.54) is 6.07 Å². The molecule has 5 nitrogen and oxygen atoms in total. The molecule has 0 radical (unpaired) electrons. The lowest BCUT2D eigenvalue weighted by Crippen LogP contribution is -2.33. The van der Waals surface area contributed by atoms with Gasteiger partial charge in [-0.25, -0.2) is 15.8 Å². The van der Waals surface area contributed by atoms with Crippen LogP contribution in [0.25, 0.3) is 0 Å². The van der Waals surface area contributed by atoms with Crippen molar-refractivity contribution in [2.24, 2.45) is 17.7 Å². The first-order chi connectivity index (χ1) is 9.79. The lowest BCUT2D eigenvalue weighted by Gasteiger charge is -2.33. The van der Waals surface area contributed by atoms with Crippen LogP contribution in [0, 0.1) is 11.8 Å². The Hall–Kier alpha value is -1.57. The van der Waals surface area contributed by atoms with Crippen LogP contribution in [0.3, 0.4) is 0 Å². The average Bonchev–Trinajstić information content (AvgIpc) is 2.40. The summed E-state index contributed by atoms with van der Waals surface area (Å²) < 4.78 is 38.3. The van der Waals surface area contributed by atoms with Gasteiger partial charge in [-0.05, 0) is 31.1 Å². The van der Waals surface area contributed by atoms with Gasteiger partial charge < -0.3 is 10.7 Å². The second-order valence-corrected chi connectivity index (χ2v) is 5.75. The van der Waals surface area contributed by atoms with E-state index < -0.39 is 12.0 Å². The van der Waals surface area contributed by atoms with Crippen LogP contribution in [0.2, 0.25) is 0 Å². The molecule has 0 aromatic carbocycles. The van der Waals surface area contributed by atoms with Gasteiger partial charge in [0.15, 0.2) is 0 Å². The third-order valence-electron chi connectivity index (χ3n) is 3.89. The van der Waals surface area contributed by atoms with Crippen LogP contribution < -0.4 is 16.6 Å². The van der Waals surface area contributed by atoms with Crippen molar-refractivity contribution in [1.82, 2.24) is 9.97 Å². The summed E-state index contributed by atoms with van der Waals surface area (Å²) in [7, 11) is 0. The third kappa shape index (κ3) is 3.96. The van der Waals surface area contributed by atoms with Gasteiger partial charge in [-0.3, -0.25) is 0 Å². The van der Waals surface area contributed by atoms with E-state index in [1.54, 1.807) is 0 Å². The highest BCUT2D eigenvalue weighted by molar-refractivity contribution is 5.47. The Morgan fingerprint density at radius 1 is 1.19 bits per heavy atom. The maximum atomic E-state index is 12.8. The second kappa shape index (κ2) is 6.05. The fraction of sp³-hybridized carbons (Fsp3) is 0.692. The first-order valence-corrected chi connectivity index (χ1v) is 6.99. The van der Waals surface area contributed by atoms with Crippen molar-refractivity contribution in [3.63, 3.8) is 0 Å². The minimum atomic E-state index is -4.60. The van der Waals surface area contributed by atoms with Crippen LogP contribution in [-0.4, -0.2) is 16.0 Å². The van der Waals surface area contributed by atoms with Crippen LogP contribution in [0.1, 0.15) is 38.9 Å². The van der Waals surface area contributed by atoms with Gasteiger partial charge in [0.25, 0.3) is 0 Å². The number of nitrogens with zero attached hydrogens (tertiary/aromatic N) is 2. The van der Waals surface area contributed by atoms with E-state index in [-0.39, 0.29) is 17.7 Å². The SMILES string of the molecule is CC1CCC(Nc2cc(NN)nc(C(F)(F)F)n2)C(C)C1. The lowest BCUT2D eigenvalue weighted by atomic mass is 9.80. The first-order valence-electron chi connectivity index (χ1n) is 6.99. The fourth-order valence-electron chi connectivity index (χ4n) is 2.79. The maximum absolute atomic E-state index is 12.8.